The molecule has 1 fully saturated rings. The fourth-order valence-corrected chi connectivity index (χ4v) is 6.02. The molecule has 5 rings (SSSR count). The maximum absolute atomic E-state index is 13.6. The van der Waals surface area contributed by atoms with E-state index in [9.17, 15) is 14.4 Å². The molecule has 1 saturated carbocycles. The molecule has 0 aromatic carbocycles. The van der Waals surface area contributed by atoms with Crippen LogP contribution in [-0.4, -0.2) is 54.6 Å². The molecule has 0 saturated heterocycles. The van der Waals surface area contributed by atoms with Crippen LogP contribution in [0.4, 0.5) is 0 Å². The summed E-state index contributed by atoms with van der Waals surface area (Å²) in [5.41, 5.74) is 2.84. The number of aromatic amines is 1. The average molecular weight is 439 g/mol. The summed E-state index contributed by atoms with van der Waals surface area (Å²) in [4.78, 5) is 41.3. The lowest BCUT2D eigenvalue weighted by atomic mass is 9.78. The summed E-state index contributed by atoms with van der Waals surface area (Å²) in [6.07, 6.45) is 9.70. The second-order valence-corrected chi connectivity index (χ2v) is 9.37. The van der Waals surface area contributed by atoms with Gasteiger partial charge in [0.05, 0.1) is 24.6 Å². The van der Waals surface area contributed by atoms with Crippen LogP contribution in [0, 0.1) is 5.92 Å². The quantitative estimate of drug-likeness (QED) is 0.738. The number of carbonyl (C=O) groups excluding carboxylic acids is 3. The van der Waals surface area contributed by atoms with Gasteiger partial charge < -0.3 is 14.8 Å². The summed E-state index contributed by atoms with van der Waals surface area (Å²) in [5, 5.41) is 13.1. The van der Waals surface area contributed by atoms with Crippen LogP contribution in [0.2, 0.25) is 0 Å². The van der Waals surface area contributed by atoms with Crippen LogP contribution in [0.3, 0.4) is 0 Å². The zero-order valence-electron chi connectivity index (χ0n) is 18.4. The molecule has 0 spiro atoms. The van der Waals surface area contributed by atoms with Crippen molar-refractivity contribution in [2.45, 2.75) is 83.0 Å². The molecule has 3 aliphatic rings. The van der Waals surface area contributed by atoms with E-state index in [-0.39, 0.29) is 48.6 Å². The summed E-state index contributed by atoms with van der Waals surface area (Å²) >= 11 is 0. The van der Waals surface area contributed by atoms with Crippen LogP contribution in [0.25, 0.3) is 0 Å². The van der Waals surface area contributed by atoms with Crippen molar-refractivity contribution in [3.63, 3.8) is 0 Å². The number of rotatable bonds is 5. The fourth-order valence-electron chi connectivity index (χ4n) is 6.02. The van der Waals surface area contributed by atoms with E-state index in [1.165, 1.54) is 5.56 Å². The summed E-state index contributed by atoms with van der Waals surface area (Å²) in [7, 11) is 0. The van der Waals surface area contributed by atoms with E-state index >= 15 is 0 Å². The standard InChI is InChI=1S/C23H30N6O3/c1-14(30)29(18-4-2-3-5-18)19-7-6-15-8-9-28-13-16(10-20(31)21(19)22(15)28)23(32)24-11-17-12-25-27-26-17/h8-9,12,16,18-19,21H,2-7,10-11,13H2,1H3,(H,24,32)(H,25,26,27)/t16-,19-,21?/m0/s1. The van der Waals surface area contributed by atoms with Crippen LogP contribution in [0.5, 0.6) is 0 Å². The molecule has 1 aliphatic heterocycles. The number of carbonyl (C=O) groups is 3. The highest BCUT2D eigenvalue weighted by Gasteiger charge is 2.46. The van der Waals surface area contributed by atoms with Gasteiger partial charge in [0.2, 0.25) is 11.8 Å². The summed E-state index contributed by atoms with van der Waals surface area (Å²) < 4.78 is 2.09. The Labute approximate surface area is 186 Å². The fraction of sp³-hybridized carbons (Fsp3) is 0.609. The van der Waals surface area contributed by atoms with Crippen molar-refractivity contribution in [1.82, 2.24) is 30.2 Å². The number of nitrogens with one attached hydrogen (secondary N) is 2. The second-order valence-electron chi connectivity index (χ2n) is 9.37. The Morgan fingerprint density at radius 2 is 2.09 bits per heavy atom. The third kappa shape index (κ3) is 3.73. The van der Waals surface area contributed by atoms with Gasteiger partial charge in [0.25, 0.3) is 0 Å². The van der Waals surface area contributed by atoms with Crippen LogP contribution < -0.4 is 5.32 Å². The van der Waals surface area contributed by atoms with Crippen LogP contribution in [0.15, 0.2) is 18.5 Å². The molecule has 9 heteroatoms. The van der Waals surface area contributed by atoms with Crippen molar-refractivity contribution in [2.24, 2.45) is 5.92 Å². The lowest BCUT2D eigenvalue weighted by Gasteiger charge is -2.42. The van der Waals surface area contributed by atoms with Crippen molar-refractivity contribution in [3.05, 3.63) is 35.4 Å². The average Bonchev–Trinajstić information content (AvgIpc) is 3.52. The Morgan fingerprint density at radius 1 is 1.28 bits per heavy atom. The molecule has 3 heterocycles. The minimum Gasteiger partial charge on any atom is -0.350 e. The van der Waals surface area contributed by atoms with E-state index in [4.69, 9.17) is 0 Å². The molecular weight excluding hydrogens is 408 g/mol. The second kappa shape index (κ2) is 8.52. The number of hydrogen-bond donors (Lipinski definition) is 2. The lowest BCUT2D eigenvalue weighted by molar-refractivity contribution is -0.137. The molecule has 3 atom stereocenters. The third-order valence-electron chi connectivity index (χ3n) is 7.41. The van der Waals surface area contributed by atoms with Crippen molar-refractivity contribution in [2.75, 3.05) is 0 Å². The van der Waals surface area contributed by atoms with E-state index < -0.39 is 5.92 Å². The van der Waals surface area contributed by atoms with E-state index in [1.807, 2.05) is 11.1 Å². The van der Waals surface area contributed by atoms with Gasteiger partial charge in [-0.25, -0.2) is 0 Å². The topological polar surface area (TPSA) is 113 Å². The van der Waals surface area contributed by atoms with Crippen molar-refractivity contribution >= 4 is 17.6 Å². The Morgan fingerprint density at radius 3 is 2.81 bits per heavy atom. The van der Waals surface area contributed by atoms with Crippen molar-refractivity contribution in [1.29, 1.82) is 0 Å². The summed E-state index contributed by atoms with van der Waals surface area (Å²) in [5.74, 6) is -0.833. The molecule has 9 nitrogen and oxygen atoms in total. The maximum atomic E-state index is 13.6. The Bertz CT molecular complexity index is 1010. The summed E-state index contributed by atoms with van der Waals surface area (Å²) in [6.45, 7) is 2.38. The predicted molar refractivity (Wildman–Crippen MR) is 115 cm³/mol. The molecule has 0 bridgehead atoms. The van der Waals surface area contributed by atoms with Crippen LogP contribution in [0.1, 0.15) is 68.3 Å². The maximum Gasteiger partial charge on any atom is 0.225 e. The Hall–Kier alpha value is -2.97. The van der Waals surface area contributed by atoms with E-state index in [0.29, 0.717) is 12.2 Å². The normalized spacial score (nSPS) is 25.3. The van der Waals surface area contributed by atoms with Gasteiger partial charge in [-0.15, -0.1) is 0 Å². The first-order valence-corrected chi connectivity index (χ1v) is 11.6. The number of aromatic nitrogens is 4. The van der Waals surface area contributed by atoms with Crippen LogP contribution >= 0.6 is 0 Å². The molecule has 1 unspecified atom stereocenters. The van der Waals surface area contributed by atoms with Gasteiger partial charge in [-0.05, 0) is 37.3 Å². The van der Waals surface area contributed by atoms with Gasteiger partial charge in [-0.2, -0.15) is 15.4 Å². The van der Waals surface area contributed by atoms with Gasteiger partial charge in [0, 0.05) is 43.9 Å². The highest BCUT2D eigenvalue weighted by molar-refractivity contribution is 5.92. The SMILES string of the molecule is CC(=O)N(C1CCCC1)[C@H]1CCc2ccn3c2C1C(=O)C[C@H](C(=O)NCc1cn[nH]n1)C3. The number of Topliss-reactive ketones (excluding diaryl/α,β-unsaturated/α-hetero) is 1. The largest absolute Gasteiger partial charge is 0.350 e. The van der Waals surface area contributed by atoms with E-state index in [1.54, 1.807) is 13.1 Å². The molecular formula is C23H30N6O3. The zero-order valence-corrected chi connectivity index (χ0v) is 18.4. The summed E-state index contributed by atoms with van der Waals surface area (Å²) in [6, 6.07) is 2.18. The smallest absolute Gasteiger partial charge is 0.225 e. The molecule has 170 valence electrons. The molecule has 2 amide bonds. The first kappa shape index (κ1) is 20.9. The minimum atomic E-state index is -0.450. The Balaban J connectivity index is 1.41. The van der Waals surface area contributed by atoms with Gasteiger partial charge in [-0.1, -0.05) is 12.8 Å². The first-order chi connectivity index (χ1) is 15.5. The first-order valence-electron chi connectivity index (χ1n) is 11.6. The van der Waals surface area contributed by atoms with Crippen molar-refractivity contribution in [3.8, 4) is 0 Å². The predicted octanol–water partition coefficient (Wildman–Crippen LogP) is 1.70. The number of amides is 2. The number of nitrogens with zero attached hydrogens (tertiary/aromatic N) is 4. The number of ketones is 1. The van der Waals surface area contributed by atoms with Gasteiger partial charge in [-0.3, -0.25) is 14.4 Å². The van der Waals surface area contributed by atoms with E-state index in [0.717, 1.165) is 44.2 Å². The van der Waals surface area contributed by atoms with Gasteiger partial charge >= 0.3 is 0 Å². The van der Waals surface area contributed by atoms with Crippen molar-refractivity contribution < 1.29 is 14.4 Å². The number of aryl methyl sites for hydroxylation is 1. The number of H-pyrrole nitrogens is 1. The minimum absolute atomic E-state index is 0.0578. The molecule has 2 aliphatic carbocycles. The highest BCUT2D eigenvalue weighted by Crippen LogP contribution is 2.42. The third-order valence-corrected chi connectivity index (χ3v) is 7.41. The number of hydrogen-bond acceptors (Lipinski definition) is 5. The monoisotopic (exact) mass is 438 g/mol. The lowest BCUT2D eigenvalue weighted by Crippen LogP contribution is -2.51. The van der Waals surface area contributed by atoms with Crippen LogP contribution in [-0.2, 0) is 33.9 Å². The Kier molecular flexibility index (Phi) is 5.57. The highest BCUT2D eigenvalue weighted by atomic mass is 16.2. The molecule has 2 aromatic rings. The van der Waals surface area contributed by atoms with Gasteiger partial charge in [0.1, 0.15) is 11.5 Å². The molecule has 32 heavy (non-hydrogen) atoms. The zero-order chi connectivity index (χ0) is 22.2. The molecule has 2 aromatic heterocycles. The molecule has 2 N–H and O–H groups in total. The molecule has 0 radical (unpaired) electrons. The van der Waals surface area contributed by atoms with Gasteiger partial charge in [0.15, 0.2) is 0 Å². The van der Waals surface area contributed by atoms with E-state index in [2.05, 4.69) is 31.4 Å².